The molecule has 3 atom stereocenters. The molecule has 0 saturated carbocycles. The third kappa shape index (κ3) is 4.38. The lowest BCUT2D eigenvalue weighted by molar-refractivity contribution is -0.187. The summed E-state index contributed by atoms with van der Waals surface area (Å²) >= 11 is 12.4. The molecule has 0 saturated heterocycles. The van der Waals surface area contributed by atoms with Crippen LogP contribution < -0.4 is 18.9 Å². The second kappa shape index (κ2) is 9.94. The number of fused-ring (bicyclic) bond motifs is 3. The smallest absolute Gasteiger partial charge is 0.281 e. The SMILES string of the molecule is COc1ccc2c(c1)C[C@@H]1[C@H](/C=C/c3ccc(Cl)cc3)c3cc(OC)ccc3O[C@]1(c1ccc(Cl)cc1)O2. The molecule has 2 heterocycles. The minimum atomic E-state index is -1.07. The van der Waals surface area contributed by atoms with Crippen LogP contribution in [0.3, 0.4) is 0 Å². The standard InChI is InChI=1S/C32H26Cl2O4/c1-35-25-12-15-30-21(17-25)18-29-27(14-5-20-3-8-23(33)9-4-20)28-19-26(36-2)13-16-31(28)38-32(29,37-30)22-6-10-24(34)11-7-22/h3-17,19,27,29H,18H2,1-2H3/b14-5+/t27-,29-,32+/m1/s1. The van der Waals surface area contributed by atoms with E-state index in [0.29, 0.717) is 16.5 Å². The molecule has 2 aliphatic heterocycles. The van der Waals surface area contributed by atoms with Gasteiger partial charge in [0.1, 0.15) is 23.0 Å². The molecule has 38 heavy (non-hydrogen) atoms. The van der Waals surface area contributed by atoms with Gasteiger partial charge < -0.3 is 18.9 Å². The predicted molar refractivity (Wildman–Crippen MR) is 151 cm³/mol. The third-order valence-corrected chi connectivity index (χ3v) is 7.84. The number of ether oxygens (including phenoxy) is 4. The highest BCUT2D eigenvalue weighted by Gasteiger charge is 2.55. The van der Waals surface area contributed by atoms with Crippen molar-refractivity contribution >= 4 is 29.3 Å². The van der Waals surface area contributed by atoms with Gasteiger partial charge in [0, 0.05) is 27.1 Å². The van der Waals surface area contributed by atoms with Crippen molar-refractivity contribution in [1.82, 2.24) is 0 Å². The van der Waals surface area contributed by atoms with E-state index in [1.165, 1.54) is 0 Å². The van der Waals surface area contributed by atoms with E-state index in [0.717, 1.165) is 45.3 Å². The first-order chi connectivity index (χ1) is 18.5. The maximum atomic E-state index is 6.86. The normalized spacial score (nSPS) is 21.5. The van der Waals surface area contributed by atoms with Crippen LogP contribution in [0.2, 0.25) is 10.0 Å². The molecule has 0 unspecified atom stereocenters. The van der Waals surface area contributed by atoms with Crippen LogP contribution in [0, 0.1) is 5.92 Å². The molecule has 0 aromatic heterocycles. The first-order valence-electron chi connectivity index (χ1n) is 12.4. The van der Waals surface area contributed by atoms with Gasteiger partial charge in [-0.2, -0.15) is 0 Å². The number of halogens is 2. The van der Waals surface area contributed by atoms with Gasteiger partial charge in [-0.25, -0.2) is 0 Å². The average Bonchev–Trinajstić information content (AvgIpc) is 2.95. The van der Waals surface area contributed by atoms with Crippen LogP contribution in [0.4, 0.5) is 0 Å². The van der Waals surface area contributed by atoms with Gasteiger partial charge in [0.2, 0.25) is 0 Å². The Hall–Kier alpha value is -3.60. The maximum Gasteiger partial charge on any atom is 0.281 e. The molecular weight excluding hydrogens is 519 g/mol. The van der Waals surface area contributed by atoms with Crippen molar-refractivity contribution in [2.24, 2.45) is 5.92 Å². The summed E-state index contributed by atoms with van der Waals surface area (Å²) < 4.78 is 24.8. The van der Waals surface area contributed by atoms with Gasteiger partial charge in [0.05, 0.1) is 20.1 Å². The van der Waals surface area contributed by atoms with Crippen LogP contribution >= 0.6 is 23.2 Å². The fourth-order valence-electron chi connectivity index (χ4n) is 5.44. The second-order valence-electron chi connectivity index (χ2n) is 9.50. The van der Waals surface area contributed by atoms with Crippen LogP contribution in [0.25, 0.3) is 6.08 Å². The fraction of sp³-hybridized carbons (Fsp3) is 0.188. The van der Waals surface area contributed by atoms with Crippen LogP contribution in [-0.2, 0) is 12.2 Å². The Bertz CT molecular complexity index is 1500. The molecule has 4 nitrogen and oxygen atoms in total. The van der Waals surface area contributed by atoms with Crippen molar-refractivity contribution in [2.45, 2.75) is 18.1 Å². The van der Waals surface area contributed by atoms with E-state index >= 15 is 0 Å². The van der Waals surface area contributed by atoms with E-state index in [2.05, 4.69) is 18.2 Å². The van der Waals surface area contributed by atoms with Gasteiger partial charge in [0.25, 0.3) is 5.79 Å². The zero-order valence-corrected chi connectivity index (χ0v) is 22.5. The van der Waals surface area contributed by atoms with Crippen molar-refractivity contribution in [2.75, 3.05) is 14.2 Å². The van der Waals surface area contributed by atoms with Crippen LogP contribution in [0.5, 0.6) is 23.0 Å². The lowest BCUT2D eigenvalue weighted by atomic mass is 9.71. The number of hydrogen-bond donors (Lipinski definition) is 0. The van der Waals surface area contributed by atoms with Crippen molar-refractivity contribution in [3.8, 4) is 23.0 Å². The monoisotopic (exact) mass is 544 g/mol. The van der Waals surface area contributed by atoms with Crippen LogP contribution in [-0.4, -0.2) is 14.2 Å². The molecule has 2 aliphatic rings. The van der Waals surface area contributed by atoms with Crippen molar-refractivity contribution in [3.05, 3.63) is 123 Å². The predicted octanol–water partition coefficient (Wildman–Crippen LogP) is 8.30. The maximum absolute atomic E-state index is 6.86. The molecule has 0 fully saturated rings. The number of rotatable bonds is 5. The molecule has 6 heteroatoms. The molecule has 0 amide bonds. The van der Waals surface area contributed by atoms with E-state index in [9.17, 15) is 0 Å². The largest absolute Gasteiger partial charge is 0.497 e. The van der Waals surface area contributed by atoms with Gasteiger partial charge in [-0.1, -0.05) is 47.5 Å². The lowest BCUT2D eigenvalue weighted by Gasteiger charge is -2.50. The molecule has 192 valence electrons. The number of hydrogen-bond acceptors (Lipinski definition) is 4. The van der Waals surface area contributed by atoms with Crippen molar-refractivity contribution < 1.29 is 18.9 Å². The Balaban J connectivity index is 1.55. The summed E-state index contributed by atoms with van der Waals surface area (Å²) in [5, 5.41) is 1.36. The highest BCUT2D eigenvalue weighted by molar-refractivity contribution is 6.30. The highest BCUT2D eigenvalue weighted by atomic mass is 35.5. The van der Waals surface area contributed by atoms with Gasteiger partial charge >= 0.3 is 0 Å². The lowest BCUT2D eigenvalue weighted by Crippen LogP contribution is -2.53. The summed E-state index contributed by atoms with van der Waals surface area (Å²) in [7, 11) is 3.35. The molecule has 4 aromatic carbocycles. The van der Waals surface area contributed by atoms with E-state index in [1.807, 2.05) is 78.9 Å². The third-order valence-electron chi connectivity index (χ3n) is 7.34. The number of allylic oxidation sites excluding steroid dienone is 1. The molecule has 0 aliphatic carbocycles. The van der Waals surface area contributed by atoms with E-state index in [-0.39, 0.29) is 11.8 Å². The van der Waals surface area contributed by atoms with Gasteiger partial charge in [-0.3, -0.25) is 0 Å². The van der Waals surface area contributed by atoms with E-state index in [1.54, 1.807) is 14.2 Å². The second-order valence-corrected chi connectivity index (χ2v) is 10.4. The quantitative estimate of drug-likeness (QED) is 0.253. The molecule has 4 aromatic rings. The summed E-state index contributed by atoms with van der Waals surface area (Å²) in [6.45, 7) is 0. The number of methoxy groups -OCH3 is 2. The van der Waals surface area contributed by atoms with Gasteiger partial charge in [-0.15, -0.1) is 0 Å². The van der Waals surface area contributed by atoms with E-state index < -0.39 is 5.79 Å². The fourth-order valence-corrected chi connectivity index (χ4v) is 5.69. The molecule has 0 N–H and O–H groups in total. The molecule has 0 spiro atoms. The van der Waals surface area contributed by atoms with Gasteiger partial charge in [0.15, 0.2) is 0 Å². The van der Waals surface area contributed by atoms with Crippen molar-refractivity contribution in [3.63, 3.8) is 0 Å². The van der Waals surface area contributed by atoms with Crippen LogP contribution in [0.15, 0.2) is 91.0 Å². The molecular formula is C32H26Cl2O4. The Morgan fingerprint density at radius 3 is 2.05 bits per heavy atom. The Morgan fingerprint density at radius 2 is 1.37 bits per heavy atom. The van der Waals surface area contributed by atoms with Crippen LogP contribution in [0.1, 0.15) is 28.2 Å². The topological polar surface area (TPSA) is 36.9 Å². The Kier molecular flexibility index (Phi) is 6.46. The molecule has 6 rings (SSSR count). The molecule has 0 bridgehead atoms. The zero-order chi connectivity index (χ0) is 26.3. The van der Waals surface area contributed by atoms with E-state index in [4.69, 9.17) is 42.1 Å². The first kappa shape index (κ1) is 24.7. The minimum Gasteiger partial charge on any atom is -0.497 e. The summed E-state index contributed by atoms with van der Waals surface area (Å²) in [6.07, 6.45) is 5.07. The highest BCUT2D eigenvalue weighted by Crippen LogP contribution is 2.56. The summed E-state index contributed by atoms with van der Waals surface area (Å²) in [4.78, 5) is 0. The summed E-state index contributed by atoms with van der Waals surface area (Å²) in [5.41, 5.74) is 4.07. The molecule has 0 radical (unpaired) electrons. The van der Waals surface area contributed by atoms with Crippen molar-refractivity contribution in [1.29, 1.82) is 0 Å². The Morgan fingerprint density at radius 1 is 0.763 bits per heavy atom. The minimum absolute atomic E-state index is 0.0560. The first-order valence-corrected chi connectivity index (χ1v) is 13.2. The summed E-state index contributed by atoms with van der Waals surface area (Å²) in [5.74, 6) is 1.86. The zero-order valence-electron chi connectivity index (χ0n) is 21.0. The van der Waals surface area contributed by atoms with Gasteiger partial charge in [-0.05, 0) is 90.3 Å². The average molecular weight is 545 g/mol. The Labute approximate surface area is 232 Å². The number of benzene rings is 4. The summed E-state index contributed by atoms with van der Waals surface area (Å²) in [6, 6.07) is 27.4.